The molecule has 1 saturated heterocycles. The molecule has 7 heteroatoms. The quantitative estimate of drug-likeness (QED) is 0.497. The molecule has 1 aliphatic rings. The van der Waals surface area contributed by atoms with E-state index in [9.17, 15) is 8.42 Å². The van der Waals surface area contributed by atoms with Gasteiger partial charge in [-0.3, -0.25) is 4.90 Å². The molecular formula is C23H26N4O2S. The van der Waals surface area contributed by atoms with Crippen molar-refractivity contribution in [1.82, 2.24) is 19.2 Å². The lowest BCUT2D eigenvalue weighted by atomic mass is 10.0. The van der Waals surface area contributed by atoms with E-state index < -0.39 is 10.0 Å². The normalized spacial score (nSPS) is 16.6. The first-order chi connectivity index (χ1) is 14.5. The summed E-state index contributed by atoms with van der Waals surface area (Å²) in [5, 5.41) is 1.90. The van der Waals surface area contributed by atoms with E-state index in [0.717, 1.165) is 37.0 Å². The first-order valence-corrected chi connectivity index (χ1v) is 11.9. The van der Waals surface area contributed by atoms with Gasteiger partial charge in [0.05, 0.1) is 10.9 Å². The molecule has 0 saturated carbocycles. The summed E-state index contributed by atoms with van der Waals surface area (Å²) < 4.78 is 31.5. The predicted molar refractivity (Wildman–Crippen MR) is 120 cm³/mol. The Hall–Kier alpha value is -2.61. The maximum Gasteiger partial charge on any atom is 0.241 e. The average molecular weight is 423 g/mol. The summed E-state index contributed by atoms with van der Waals surface area (Å²) in [6, 6.07) is 15.5. The smallest absolute Gasteiger partial charge is 0.241 e. The molecule has 30 heavy (non-hydrogen) atoms. The number of fused-ring (bicyclic) bond motifs is 2. The number of aryl methyl sites for hydroxylation is 1. The Morgan fingerprint density at radius 2 is 1.83 bits per heavy atom. The van der Waals surface area contributed by atoms with Crippen LogP contribution in [0.4, 0.5) is 0 Å². The number of hydrogen-bond donors (Lipinski definition) is 2. The van der Waals surface area contributed by atoms with Crippen LogP contribution in [0.1, 0.15) is 24.4 Å². The van der Waals surface area contributed by atoms with Crippen LogP contribution in [0.2, 0.25) is 0 Å². The van der Waals surface area contributed by atoms with Crippen LogP contribution in [0.5, 0.6) is 0 Å². The number of likely N-dealkylation sites (tertiary alicyclic amines) is 1. The number of rotatable bonds is 6. The average Bonchev–Trinajstić information content (AvgIpc) is 3.49. The van der Waals surface area contributed by atoms with Crippen LogP contribution in [-0.4, -0.2) is 42.5 Å². The maximum absolute atomic E-state index is 13.2. The van der Waals surface area contributed by atoms with E-state index in [4.69, 9.17) is 0 Å². The van der Waals surface area contributed by atoms with Crippen LogP contribution in [0, 0.1) is 0 Å². The zero-order chi connectivity index (χ0) is 20.7. The van der Waals surface area contributed by atoms with E-state index in [1.54, 1.807) is 18.3 Å². The molecule has 156 valence electrons. The van der Waals surface area contributed by atoms with Crippen LogP contribution in [0.25, 0.3) is 21.8 Å². The Labute approximate surface area is 176 Å². The molecule has 0 amide bonds. The van der Waals surface area contributed by atoms with Crippen LogP contribution >= 0.6 is 0 Å². The van der Waals surface area contributed by atoms with Gasteiger partial charge in [0.15, 0.2) is 0 Å². The lowest BCUT2D eigenvalue weighted by molar-refractivity contribution is 0.247. The molecule has 5 rings (SSSR count). The summed E-state index contributed by atoms with van der Waals surface area (Å²) in [6.07, 6.45) is 6.22. The van der Waals surface area contributed by atoms with Gasteiger partial charge in [0.1, 0.15) is 0 Å². The highest BCUT2D eigenvalue weighted by Crippen LogP contribution is 2.32. The van der Waals surface area contributed by atoms with E-state index in [0.29, 0.717) is 16.8 Å². The standard InChI is InChI=1S/C23H26N4O2S/c1-26-16-19(17-7-2-3-9-21(17)26)22(27-13-4-5-14-27)15-25-30(28,29)23-10-6-8-20-18(23)11-12-24-20/h2-3,6-12,16,22,24-25H,4-5,13-15H2,1H3. The third kappa shape index (κ3) is 3.33. The molecule has 6 nitrogen and oxygen atoms in total. The number of nitrogens with zero attached hydrogens (tertiary/aromatic N) is 2. The van der Waals surface area contributed by atoms with Crippen molar-refractivity contribution < 1.29 is 8.42 Å². The Morgan fingerprint density at radius 3 is 2.67 bits per heavy atom. The molecule has 1 unspecified atom stereocenters. The van der Waals surface area contributed by atoms with Gasteiger partial charge in [-0.25, -0.2) is 13.1 Å². The first kappa shape index (κ1) is 19.4. The van der Waals surface area contributed by atoms with Crippen LogP contribution in [-0.2, 0) is 17.1 Å². The SMILES string of the molecule is Cn1cc(C(CNS(=O)(=O)c2cccc3[nH]ccc23)N2CCCC2)c2ccccc21. The number of aromatic amines is 1. The van der Waals surface area contributed by atoms with E-state index in [1.165, 1.54) is 10.9 Å². The molecule has 3 heterocycles. The summed E-state index contributed by atoms with van der Waals surface area (Å²) in [5.74, 6) is 0. The molecule has 1 fully saturated rings. The van der Waals surface area contributed by atoms with Crippen LogP contribution in [0.3, 0.4) is 0 Å². The zero-order valence-corrected chi connectivity index (χ0v) is 17.8. The minimum Gasteiger partial charge on any atom is -0.361 e. The number of sulfonamides is 1. The summed E-state index contributed by atoms with van der Waals surface area (Å²) in [4.78, 5) is 5.81. The zero-order valence-electron chi connectivity index (χ0n) is 17.0. The summed E-state index contributed by atoms with van der Waals surface area (Å²) >= 11 is 0. The fraction of sp³-hybridized carbons (Fsp3) is 0.304. The second kappa shape index (κ2) is 7.58. The van der Waals surface area contributed by atoms with Gasteiger partial charge >= 0.3 is 0 Å². The summed E-state index contributed by atoms with van der Waals surface area (Å²) in [7, 11) is -1.59. The third-order valence-electron chi connectivity index (χ3n) is 6.18. The Kier molecular flexibility index (Phi) is 4.89. The molecule has 0 spiro atoms. The Bertz CT molecular complexity index is 1300. The number of H-pyrrole nitrogens is 1. The molecule has 0 bridgehead atoms. The van der Waals surface area contributed by atoms with E-state index in [-0.39, 0.29) is 6.04 Å². The molecule has 2 aromatic carbocycles. The highest BCUT2D eigenvalue weighted by molar-refractivity contribution is 7.89. The number of para-hydroxylation sites is 1. The van der Waals surface area contributed by atoms with Gasteiger partial charge in [-0.2, -0.15) is 0 Å². The fourth-order valence-electron chi connectivity index (χ4n) is 4.68. The highest BCUT2D eigenvalue weighted by Gasteiger charge is 2.28. The second-order valence-corrected chi connectivity index (χ2v) is 9.75. The molecule has 2 N–H and O–H groups in total. The van der Waals surface area contributed by atoms with E-state index in [1.807, 2.05) is 31.3 Å². The monoisotopic (exact) mass is 422 g/mol. The second-order valence-electron chi connectivity index (χ2n) is 8.02. The molecule has 4 aromatic rings. The van der Waals surface area contributed by atoms with Crippen molar-refractivity contribution in [2.45, 2.75) is 23.8 Å². The minimum absolute atomic E-state index is 0.00111. The van der Waals surface area contributed by atoms with Crippen molar-refractivity contribution in [1.29, 1.82) is 0 Å². The van der Waals surface area contributed by atoms with Gasteiger partial charge in [0.25, 0.3) is 0 Å². The number of hydrogen-bond acceptors (Lipinski definition) is 3. The van der Waals surface area contributed by atoms with Crippen LogP contribution in [0.15, 0.2) is 65.8 Å². The van der Waals surface area contributed by atoms with Crippen molar-refractivity contribution in [2.24, 2.45) is 7.05 Å². The van der Waals surface area contributed by atoms with Gasteiger partial charge in [0, 0.05) is 47.8 Å². The van der Waals surface area contributed by atoms with Crippen molar-refractivity contribution in [2.75, 3.05) is 19.6 Å². The van der Waals surface area contributed by atoms with E-state index >= 15 is 0 Å². The van der Waals surface area contributed by atoms with Gasteiger partial charge in [-0.15, -0.1) is 0 Å². The summed E-state index contributed by atoms with van der Waals surface area (Å²) in [5.41, 5.74) is 3.16. The molecule has 1 atom stereocenters. The Morgan fingerprint density at radius 1 is 1.03 bits per heavy atom. The molecule has 1 aliphatic heterocycles. The van der Waals surface area contributed by atoms with Crippen molar-refractivity contribution >= 4 is 31.8 Å². The van der Waals surface area contributed by atoms with Crippen molar-refractivity contribution in [3.63, 3.8) is 0 Å². The number of aromatic nitrogens is 2. The molecule has 2 aromatic heterocycles. The first-order valence-electron chi connectivity index (χ1n) is 10.4. The number of benzene rings is 2. The highest BCUT2D eigenvalue weighted by atomic mass is 32.2. The van der Waals surface area contributed by atoms with Gasteiger partial charge in [0.2, 0.25) is 10.0 Å². The molecule has 0 radical (unpaired) electrons. The fourth-order valence-corrected chi connectivity index (χ4v) is 5.94. The largest absolute Gasteiger partial charge is 0.361 e. The predicted octanol–water partition coefficient (Wildman–Crippen LogP) is 3.78. The Balaban J connectivity index is 1.50. The van der Waals surface area contributed by atoms with Crippen LogP contribution < -0.4 is 4.72 Å². The van der Waals surface area contributed by atoms with Crippen molar-refractivity contribution in [3.05, 3.63) is 66.5 Å². The molecule has 0 aliphatic carbocycles. The third-order valence-corrected chi connectivity index (χ3v) is 7.66. The lowest BCUT2D eigenvalue weighted by Gasteiger charge is -2.27. The van der Waals surface area contributed by atoms with E-state index in [2.05, 4.69) is 37.5 Å². The van der Waals surface area contributed by atoms with Crippen molar-refractivity contribution in [3.8, 4) is 0 Å². The van der Waals surface area contributed by atoms with Gasteiger partial charge in [-0.1, -0.05) is 24.3 Å². The van der Waals surface area contributed by atoms with Gasteiger partial charge in [-0.05, 0) is 55.8 Å². The number of nitrogens with one attached hydrogen (secondary N) is 2. The van der Waals surface area contributed by atoms with Gasteiger partial charge < -0.3 is 9.55 Å². The maximum atomic E-state index is 13.2. The topological polar surface area (TPSA) is 70.1 Å². The lowest BCUT2D eigenvalue weighted by Crippen LogP contribution is -2.36. The summed E-state index contributed by atoms with van der Waals surface area (Å²) in [6.45, 7) is 2.32. The minimum atomic E-state index is -3.64. The molecular weight excluding hydrogens is 396 g/mol.